The van der Waals surface area contributed by atoms with E-state index in [0.29, 0.717) is 10.2 Å². The highest BCUT2D eigenvalue weighted by Gasteiger charge is 2.13. The van der Waals surface area contributed by atoms with Gasteiger partial charge in [-0.2, -0.15) is 0 Å². The van der Waals surface area contributed by atoms with Crippen molar-refractivity contribution in [2.45, 2.75) is 0 Å². The summed E-state index contributed by atoms with van der Waals surface area (Å²) in [6.07, 6.45) is 0. The monoisotopic (exact) mass is 427 g/mol. The van der Waals surface area contributed by atoms with Crippen LogP contribution in [0.2, 0.25) is 0 Å². The molecule has 0 atom stereocenters. The highest BCUT2D eigenvalue weighted by molar-refractivity contribution is 9.10. The molecule has 0 radical (unpaired) electrons. The molecule has 22 heavy (non-hydrogen) atoms. The van der Waals surface area contributed by atoms with Crippen molar-refractivity contribution in [3.63, 3.8) is 0 Å². The molecule has 2 aromatic carbocycles. The topological polar surface area (TPSA) is 75.6 Å². The van der Waals surface area contributed by atoms with Gasteiger partial charge in [0.15, 0.2) is 6.61 Å². The number of hydrogen-bond acceptors (Lipinski definition) is 3. The molecule has 114 valence electrons. The number of rotatable bonds is 5. The first kappa shape index (κ1) is 16.5. The molecule has 0 bridgehead atoms. The highest BCUT2D eigenvalue weighted by atomic mass is 79.9. The van der Waals surface area contributed by atoms with E-state index >= 15 is 0 Å². The Morgan fingerprint density at radius 3 is 2.32 bits per heavy atom. The number of carboxylic acids is 1. The average Bonchev–Trinajstić information content (AvgIpc) is 2.48. The minimum atomic E-state index is -1.12. The van der Waals surface area contributed by atoms with Gasteiger partial charge in [-0.05, 0) is 42.5 Å². The van der Waals surface area contributed by atoms with Crippen LogP contribution in [0.15, 0.2) is 51.4 Å². The van der Waals surface area contributed by atoms with Crippen molar-refractivity contribution in [3.05, 3.63) is 57.0 Å². The summed E-state index contributed by atoms with van der Waals surface area (Å²) in [4.78, 5) is 23.0. The second-order valence-corrected chi connectivity index (χ2v) is 6.12. The van der Waals surface area contributed by atoms with Crippen LogP contribution in [-0.4, -0.2) is 23.6 Å². The normalized spacial score (nSPS) is 10.1. The molecule has 7 heteroatoms. The zero-order chi connectivity index (χ0) is 16.1. The van der Waals surface area contributed by atoms with Crippen LogP contribution in [0, 0.1) is 0 Å². The first-order valence-corrected chi connectivity index (χ1v) is 7.75. The summed E-state index contributed by atoms with van der Waals surface area (Å²) in [6, 6.07) is 11.6. The maximum Gasteiger partial charge on any atom is 0.339 e. The molecule has 2 N–H and O–H groups in total. The Labute approximate surface area is 143 Å². The predicted octanol–water partition coefficient (Wildman–Crippen LogP) is 3.93. The minimum Gasteiger partial charge on any atom is -0.483 e. The average molecular weight is 429 g/mol. The van der Waals surface area contributed by atoms with E-state index in [1.165, 1.54) is 12.1 Å². The van der Waals surface area contributed by atoms with Gasteiger partial charge in [0.05, 0.1) is 0 Å². The molecular weight excluding hydrogens is 418 g/mol. The lowest BCUT2D eigenvalue weighted by Gasteiger charge is -2.10. The van der Waals surface area contributed by atoms with Gasteiger partial charge in [0, 0.05) is 14.6 Å². The lowest BCUT2D eigenvalue weighted by molar-refractivity contribution is -0.118. The van der Waals surface area contributed by atoms with E-state index in [1.54, 1.807) is 30.3 Å². The third kappa shape index (κ3) is 4.57. The summed E-state index contributed by atoms with van der Waals surface area (Å²) in [7, 11) is 0. The van der Waals surface area contributed by atoms with E-state index < -0.39 is 5.97 Å². The number of hydrogen-bond donors (Lipinski definition) is 2. The van der Waals surface area contributed by atoms with Gasteiger partial charge in [0.2, 0.25) is 0 Å². The Hall–Kier alpha value is -1.86. The SMILES string of the molecule is O=C(COc1ccc(Br)cc1C(=O)O)Nc1ccc(Br)cc1. The molecule has 2 rings (SSSR count). The number of halogens is 2. The number of carboxylic acid groups (broad SMARTS) is 1. The largest absolute Gasteiger partial charge is 0.483 e. The van der Waals surface area contributed by atoms with E-state index in [4.69, 9.17) is 9.84 Å². The summed E-state index contributed by atoms with van der Waals surface area (Å²) in [5.41, 5.74) is 0.622. The van der Waals surface area contributed by atoms with Crippen LogP contribution in [0.4, 0.5) is 5.69 Å². The lowest BCUT2D eigenvalue weighted by Crippen LogP contribution is -2.20. The van der Waals surface area contributed by atoms with Gasteiger partial charge in [-0.25, -0.2) is 4.79 Å². The molecule has 0 aliphatic carbocycles. The molecule has 0 spiro atoms. The van der Waals surface area contributed by atoms with Crippen molar-refractivity contribution >= 4 is 49.4 Å². The molecule has 5 nitrogen and oxygen atoms in total. The Kier molecular flexibility index (Phi) is 5.57. The van der Waals surface area contributed by atoms with Crippen molar-refractivity contribution in [1.82, 2.24) is 0 Å². The second-order valence-electron chi connectivity index (χ2n) is 4.29. The zero-order valence-electron chi connectivity index (χ0n) is 11.2. The maximum absolute atomic E-state index is 11.8. The molecule has 0 saturated carbocycles. The van der Waals surface area contributed by atoms with Crippen molar-refractivity contribution in [1.29, 1.82) is 0 Å². The molecule has 0 aliphatic rings. The summed E-state index contributed by atoms with van der Waals surface area (Å²) < 4.78 is 6.82. The van der Waals surface area contributed by atoms with Gasteiger partial charge >= 0.3 is 5.97 Å². The number of aromatic carboxylic acids is 1. The molecule has 0 fully saturated rings. The fourth-order valence-corrected chi connectivity index (χ4v) is 2.29. The van der Waals surface area contributed by atoms with Crippen LogP contribution in [0.25, 0.3) is 0 Å². The van der Waals surface area contributed by atoms with Crippen LogP contribution >= 0.6 is 31.9 Å². The number of amides is 1. The van der Waals surface area contributed by atoms with Crippen molar-refractivity contribution in [3.8, 4) is 5.75 Å². The highest BCUT2D eigenvalue weighted by Crippen LogP contribution is 2.23. The van der Waals surface area contributed by atoms with E-state index in [1.807, 2.05) is 0 Å². The first-order chi connectivity index (χ1) is 10.5. The Morgan fingerprint density at radius 1 is 1.05 bits per heavy atom. The maximum atomic E-state index is 11.8. The third-order valence-electron chi connectivity index (χ3n) is 2.66. The number of carbonyl (C=O) groups is 2. The Bertz CT molecular complexity index is 701. The number of anilines is 1. The summed E-state index contributed by atoms with van der Waals surface area (Å²) in [5.74, 6) is -1.35. The van der Waals surface area contributed by atoms with Crippen LogP contribution in [-0.2, 0) is 4.79 Å². The number of carbonyl (C=O) groups excluding carboxylic acids is 1. The van der Waals surface area contributed by atoms with E-state index in [0.717, 1.165) is 4.47 Å². The van der Waals surface area contributed by atoms with E-state index in [-0.39, 0.29) is 23.8 Å². The van der Waals surface area contributed by atoms with Gasteiger partial charge in [-0.3, -0.25) is 4.79 Å². The molecule has 0 aliphatic heterocycles. The molecule has 0 saturated heterocycles. The third-order valence-corrected chi connectivity index (χ3v) is 3.68. The molecule has 2 aromatic rings. The number of nitrogens with one attached hydrogen (secondary N) is 1. The van der Waals surface area contributed by atoms with E-state index in [9.17, 15) is 9.59 Å². The lowest BCUT2D eigenvalue weighted by atomic mass is 10.2. The second kappa shape index (κ2) is 7.42. The zero-order valence-corrected chi connectivity index (χ0v) is 14.3. The van der Waals surface area contributed by atoms with Gasteiger partial charge in [-0.1, -0.05) is 31.9 Å². The van der Waals surface area contributed by atoms with E-state index in [2.05, 4.69) is 37.2 Å². The first-order valence-electron chi connectivity index (χ1n) is 6.17. The fourth-order valence-electron chi connectivity index (χ4n) is 1.67. The summed E-state index contributed by atoms with van der Waals surface area (Å²) >= 11 is 6.50. The van der Waals surface area contributed by atoms with Crippen LogP contribution in [0.5, 0.6) is 5.75 Å². The van der Waals surface area contributed by atoms with Crippen molar-refractivity contribution in [2.75, 3.05) is 11.9 Å². The summed E-state index contributed by atoms with van der Waals surface area (Å²) in [5, 5.41) is 11.8. The minimum absolute atomic E-state index is 0.00850. The molecule has 0 heterocycles. The molecule has 0 unspecified atom stereocenters. The van der Waals surface area contributed by atoms with Crippen molar-refractivity contribution in [2.24, 2.45) is 0 Å². The van der Waals surface area contributed by atoms with Gasteiger partial charge in [-0.15, -0.1) is 0 Å². The van der Waals surface area contributed by atoms with Crippen molar-refractivity contribution < 1.29 is 19.4 Å². The smallest absolute Gasteiger partial charge is 0.339 e. The molecule has 1 amide bonds. The van der Waals surface area contributed by atoms with Crippen LogP contribution in [0.1, 0.15) is 10.4 Å². The van der Waals surface area contributed by atoms with Gasteiger partial charge < -0.3 is 15.2 Å². The summed E-state index contributed by atoms with van der Waals surface area (Å²) in [6.45, 7) is -0.280. The quantitative estimate of drug-likeness (QED) is 0.756. The standard InChI is InChI=1S/C15H11Br2NO4/c16-9-1-4-11(5-2-9)18-14(19)8-22-13-6-3-10(17)7-12(13)15(20)21/h1-7H,8H2,(H,18,19)(H,20,21). The molecule has 0 aromatic heterocycles. The molecular formula is C15H11Br2NO4. The van der Waals surface area contributed by atoms with Gasteiger partial charge in [0.1, 0.15) is 11.3 Å². The Balaban J connectivity index is 1.99. The Morgan fingerprint density at radius 2 is 1.68 bits per heavy atom. The van der Waals surface area contributed by atoms with Crippen LogP contribution in [0.3, 0.4) is 0 Å². The van der Waals surface area contributed by atoms with Gasteiger partial charge in [0.25, 0.3) is 5.91 Å². The van der Waals surface area contributed by atoms with Crippen LogP contribution < -0.4 is 10.1 Å². The number of ether oxygens (including phenoxy) is 1. The fraction of sp³-hybridized carbons (Fsp3) is 0.0667. The predicted molar refractivity (Wildman–Crippen MR) is 89.4 cm³/mol. The number of benzene rings is 2.